The first kappa shape index (κ1) is 15.5. The fourth-order valence-electron chi connectivity index (χ4n) is 1.90. The van der Waals surface area contributed by atoms with Crippen LogP contribution in [0.3, 0.4) is 0 Å². The lowest BCUT2D eigenvalue weighted by Crippen LogP contribution is -2.28. The molecular formula is C15H23N3O. The van der Waals surface area contributed by atoms with E-state index in [0.717, 1.165) is 18.8 Å². The number of hydrogen-bond donors (Lipinski definition) is 1. The minimum atomic E-state index is 0.348. The van der Waals surface area contributed by atoms with Gasteiger partial charge in [-0.1, -0.05) is 12.1 Å². The number of methoxy groups -OCH3 is 1. The molecule has 19 heavy (non-hydrogen) atoms. The molecule has 0 amide bonds. The zero-order valence-corrected chi connectivity index (χ0v) is 12.0. The number of nitriles is 1. The molecule has 0 radical (unpaired) electrons. The summed E-state index contributed by atoms with van der Waals surface area (Å²) in [6.07, 6.45) is 0.526. The van der Waals surface area contributed by atoms with E-state index in [1.807, 2.05) is 7.05 Å². The van der Waals surface area contributed by atoms with Crippen LogP contribution in [0.15, 0.2) is 24.3 Å². The van der Waals surface area contributed by atoms with E-state index in [0.29, 0.717) is 19.1 Å². The monoisotopic (exact) mass is 261 g/mol. The second-order valence-corrected chi connectivity index (χ2v) is 4.49. The largest absolute Gasteiger partial charge is 0.383 e. The van der Waals surface area contributed by atoms with Gasteiger partial charge in [-0.05, 0) is 31.7 Å². The van der Waals surface area contributed by atoms with E-state index >= 15 is 0 Å². The summed E-state index contributed by atoms with van der Waals surface area (Å²) < 4.78 is 5.12. The van der Waals surface area contributed by atoms with Gasteiger partial charge in [-0.25, -0.2) is 0 Å². The number of nitrogens with zero attached hydrogens (tertiary/aromatic N) is 2. The highest BCUT2D eigenvalue weighted by Crippen LogP contribution is 2.19. The quantitative estimate of drug-likeness (QED) is 0.780. The Morgan fingerprint density at radius 2 is 2.00 bits per heavy atom. The van der Waals surface area contributed by atoms with Crippen LogP contribution in [0.1, 0.15) is 24.9 Å². The molecule has 0 aliphatic rings. The molecule has 1 N–H and O–H groups in total. The molecule has 4 heteroatoms. The number of ether oxygens (including phenoxy) is 1. The van der Waals surface area contributed by atoms with Crippen LogP contribution in [-0.2, 0) is 4.74 Å². The third-order valence-corrected chi connectivity index (χ3v) is 3.25. The third-order valence-electron chi connectivity index (χ3n) is 3.25. The Morgan fingerprint density at radius 3 is 2.53 bits per heavy atom. The normalized spacial score (nSPS) is 11.9. The van der Waals surface area contributed by atoms with E-state index in [9.17, 15) is 0 Å². The fourth-order valence-corrected chi connectivity index (χ4v) is 1.90. The van der Waals surface area contributed by atoms with E-state index in [2.05, 4.69) is 47.5 Å². The maximum absolute atomic E-state index is 8.72. The topological polar surface area (TPSA) is 48.3 Å². The van der Waals surface area contributed by atoms with Crippen molar-refractivity contribution in [1.29, 1.82) is 5.26 Å². The highest BCUT2D eigenvalue weighted by atomic mass is 16.5. The van der Waals surface area contributed by atoms with Gasteiger partial charge in [-0.3, -0.25) is 0 Å². The summed E-state index contributed by atoms with van der Waals surface area (Å²) in [4.78, 5) is 2.18. The summed E-state index contributed by atoms with van der Waals surface area (Å²) in [6.45, 7) is 4.34. The maximum atomic E-state index is 8.72. The Labute approximate surface area is 116 Å². The summed E-state index contributed by atoms with van der Waals surface area (Å²) in [5.41, 5.74) is 2.40. The fraction of sp³-hybridized carbons (Fsp3) is 0.533. The SMILES string of the molecule is CNC(C)c1ccc(N(CCC#N)CCOC)cc1. The molecule has 1 aromatic rings. The van der Waals surface area contributed by atoms with Crippen molar-refractivity contribution in [3.8, 4) is 6.07 Å². The molecule has 0 saturated heterocycles. The molecule has 104 valence electrons. The van der Waals surface area contributed by atoms with Gasteiger partial charge in [-0.2, -0.15) is 5.26 Å². The van der Waals surface area contributed by atoms with E-state index in [1.165, 1.54) is 5.56 Å². The lowest BCUT2D eigenvalue weighted by atomic mass is 10.1. The minimum absolute atomic E-state index is 0.348. The predicted molar refractivity (Wildman–Crippen MR) is 78.2 cm³/mol. The molecule has 1 rings (SSSR count). The summed E-state index contributed by atoms with van der Waals surface area (Å²) in [7, 11) is 3.65. The highest BCUT2D eigenvalue weighted by Gasteiger charge is 2.07. The number of hydrogen-bond acceptors (Lipinski definition) is 4. The molecule has 0 aliphatic carbocycles. The van der Waals surface area contributed by atoms with Gasteiger partial charge < -0.3 is 15.0 Å². The smallest absolute Gasteiger partial charge is 0.0640 e. The molecule has 0 aliphatic heterocycles. The molecule has 1 atom stereocenters. The van der Waals surface area contributed by atoms with Crippen molar-refractivity contribution in [3.05, 3.63) is 29.8 Å². The standard InChI is InChI=1S/C15H23N3O/c1-13(17-2)14-5-7-15(8-6-14)18(10-4-9-16)11-12-19-3/h5-8,13,17H,4,10-12H2,1-3H3. The first-order valence-electron chi connectivity index (χ1n) is 6.61. The second kappa shape index (κ2) is 8.52. The van der Waals surface area contributed by atoms with E-state index in [4.69, 9.17) is 10.00 Å². The Hall–Kier alpha value is -1.57. The Kier molecular flexibility index (Phi) is 6.94. The zero-order valence-electron chi connectivity index (χ0n) is 12.0. The summed E-state index contributed by atoms with van der Waals surface area (Å²) in [5.74, 6) is 0. The van der Waals surface area contributed by atoms with Gasteiger partial charge in [0.1, 0.15) is 0 Å². The van der Waals surface area contributed by atoms with Crippen molar-refractivity contribution in [2.24, 2.45) is 0 Å². The molecule has 1 aromatic carbocycles. The van der Waals surface area contributed by atoms with Gasteiger partial charge in [0.2, 0.25) is 0 Å². The van der Waals surface area contributed by atoms with Gasteiger partial charge in [0, 0.05) is 31.9 Å². The van der Waals surface area contributed by atoms with Crippen LogP contribution in [0.5, 0.6) is 0 Å². The number of rotatable bonds is 8. The van der Waals surface area contributed by atoms with Gasteiger partial charge in [0.05, 0.1) is 19.1 Å². The predicted octanol–water partition coefficient (Wildman–Crippen LogP) is 2.33. The molecule has 0 aromatic heterocycles. The number of benzene rings is 1. The lowest BCUT2D eigenvalue weighted by molar-refractivity contribution is 0.205. The Balaban J connectivity index is 2.75. The first-order chi connectivity index (χ1) is 9.22. The van der Waals surface area contributed by atoms with Crippen molar-refractivity contribution in [3.63, 3.8) is 0 Å². The molecular weight excluding hydrogens is 238 g/mol. The highest BCUT2D eigenvalue weighted by molar-refractivity contribution is 5.48. The van der Waals surface area contributed by atoms with Crippen molar-refractivity contribution in [2.45, 2.75) is 19.4 Å². The second-order valence-electron chi connectivity index (χ2n) is 4.49. The first-order valence-corrected chi connectivity index (χ1v) is 6.61. The van der Waals surface area contributed by atoms with Crippen LogP contribution in [0.2, 0.25) is 0 Å². The molecule has 4 nitrogen and oxygen atoms in total. The average molecular weight is 261 g/mol. The molecule has 0 saturated carbocycles. The molecule has 1 unspecified atom stereocenters. The molecule has 0 bridgehead atoms. The van der Waals surface area contributed by atoms with Crippen LogP contribution in [0, 0.1) is 11.3 Å². The number of anilines is 1. The van der Waals surface area contributed by atoms with Crippen LogP contribution in [0.4, 0.5) is 5.69 Å². The summed E-state index contributed by atoms with van der Waals surface area (Å²) >= 11 is 0. The number of nitrogens with one attached hydrogen (secondary N) is 1. The van der Waals surface area contributed by atoms with Gasteiger partial charge in [-0.15, -0.1) is 0 Å². The average Bonchev–Trinajstić information content (AvgIpc) is 2.47. The van der Waals surface area contributed by atoms with Crippen molar-refractivity contribution < 1.29 is 4.74 Å². The third kappa shape index (κ3) is 4.90. The zero-order chi connectivity index (χ0) is 14.1. The Bertz CT molecular complexity index is 397. The maximum Gasteiger partial charge on any atom is 0.0640 e. The van der Waals surface area contributed by atoms with Crippen LogP contribution < -0.4 is 10.2 Å². The van der Waals surface area contributed by atoms with Gasteiger partial charge in [0.25, 0.3) is 0 Å². The summed E-state index contributed by atoms with van der Waals surface area (Å²) in [6, 6.07) is 11.0. The van der Waals surface area contributed by atoms with Crippen LogP contribution >= 0.6 is 0 Å². The molecule has 0 spiro atoms. The molecule has 0 heterocycles. The molecule has 0 fully saturated rings. The van der Waals surface area contributed by atoms with E-state index in [1.54, 1.807) is 7.11 Å². The van der Waals surface area contributed by atoms with Crippen molar-refractivity contribution in [2.75, 3.05) is 38.8 Å². The summed E-state index contributed by atoms with van der Waals surface area (Å²) in [5, 5.41) is 11.9. The minimum Gasteiger partial charge on any atom is -0.383 e. The van der Waals surface area contributed by atoms with Gasteiger partial charge in [0.15, 0.2) is 0 Å². The lowest BCUT2D eigenvalue weighted by Gasteiger charge is -2.24. The van der Waals surface area contributed by atoms with E-state index in [-0.39, 0.29) is 0 Å². The van der Waals surface area contributed by atoms with Crippen LogP contribution in [0.25, 0.3) is 0 Å². The van der Waals surface area contributed by atoms with Gasteiger partial charge >= 0.3 is 0 Å². The van der Waals surface area contributed by atoms with Crippen LogP contribution in [-0.4, -0.2) is 33.9 Å². The van der Waals surface area contributed by atoms with Crippen molar-refractivity contribution >= 4 is 5.69 Å². The Morgan fingerprint density at radius 1 is 1.32 bits per heavy atom. The van der Waals surface area contributed by atoms with E-state index < -0.39 is 0 Å². The van der Waals surface area contributed by atoms with Crippen molar-refractivity contribution in [1.82, 2.24) is 5.32 Å².